The van der Waals surface area contributed by atoms with E-state index in [1.807, 2.05) is 11.0 Å². The molecule has 3 rings (SSSR count). The van der Waals surface area contributed by atoms with Crippen LogP contribution in [0.2, 0.25) is 0 Å². The number of carbonyl (C=O) groups excluding carboxylic acids is 3. The number of piperidine rings is 1. The summed E-state index contributed by atoms with van der Waals surface area (Å²) in [6, 6.07) is 12.5. The predicted molar refractivity (Wildman–Crippen MR) is 112 cm³/mol. The number of hydrogen-bond acceptors (Lipinski definition) is 5. The largest absolute Gasteiger partial charge is 0.325 e. The summed E-state index contributed by atoms with van der Waals surface area (Å²) in [4.78, 5) is 44.2. The van der Waals surface area contributed by atoms with Crippen molar-refractivity contribution in [3.63, 3.8) is 0 Å². The number of rotatable bonds is 6. The first-order valence-electron chi connectivity index (χ1n) is 9.76. The second-order valence-corrected chi connectivity index (χ2v) is 7.33. The minimum absolute atomic E-state index is 0.0425. The van der Waals surface area contributed by atoms with E-state index in [2.05, 4.69) is 10.3 Å². The van der Waals surface area contributed by atoms with Crippen LogP contribution in [0.1, 0.15) is 30.3 Å². The van der Waals surface area contributed by atoms with E-state index in [1.165, 1.54) is 11.8 Å². The quantitative estimate of drug-likeness (QED) is 0.762. The molecule has 1 aliphatic rings. The molecule has 29 heavy (non-hydrogen) atoms. The number of anilines is 2. The molecule has 1 atom stereocenters. The molecule has 152 valence electrons. The van der Waals surface area contributed by atoms with Gasteiger partial charge in [0.25, 0.3) is 0 Å². The highest BCUT2D eigenvalue weighted by Crippen LogP contribution is 2.21. The molecule has 1 saturated heterocycles. The fourth-order valence-corrected chi connectivity index (χ4v) is 3.48. The van der Waals surface area contributed by atoms with E-state index >= 15 is 0 Å². The fraction of sp³-hybridized carbons (Fsp3) is 0.364. The average Bonchev–Trinajstić information content (AvgIpc) is 2.74. The highest BCUT2D eigenvalue weighted by Gasteiger charge is 2.28. The summed E-state index contributed by atoms with van der Waals surface area (Å²) in [5, 5.41) is 2.88. The Hall–Kier alpha value is -3.06. The number of hydrogen-bond donors (Lipinski definition) is 1. The third-order valence-electron chi connectivity index (χ3n) is 5.17. The van der Waals surface area contributed by atoms with Crippen molar-refractivity contribution in [2.24, 2.45) is 5.92 Å². The first kappa shape index (κ1) is 20.7. The Bertz CT molecular complexity index is 867. The Morgan fingerprint density at radius 3 is 2.59 bits per heavy atom. The molecule has 0 saturated carbocycles. The summed E-state index contributed by atoms with van der Waals surface area (Å²) in [6.45, 7) is 3.09. The van der Waals surface area contributed by atoms with Gasteiger partial charge in [-0.1, -0.05) is 6.07 Å². The Labute approximate surface area is 170 Å². The van der Waals surface area contributed by atoms with Crippen LogP contribution in [0.3, 0.4) is 0 Å². The van der Waals surface area contributed by atoms with E-state index in [9.17, 15) is 14.4 Å². The molecule has 1 aromatic carbocycles. The predicted octanol–water partition coefficient (Wildman–Crippen LogP) is 2.60. The van der Waals surface area contributed by atoms with Crippen molar-refractivity contribution < 1.29 is 14.4 Å². The zero-order chi connectivity index (χ0) is 20.8. The van der Waals surface area contributed by atoms with Gasteiger partial charge >= 0.3 is 0 Å². The summed E-state index contributed by atoms with van der Waals surface area (Å²) in [6.07, 6.45) is 3.32. The number of aromatic nitrogens is 1. The van der Waals surface area contributed by atoms with Crippen molar-refractivity contribution in [2.75, 3.05) is 36.9 Å². The normalized spacial score (nSPS) is 16.8. The van der Waals surface area contributed by atoms with E-state index in [0.29, 0.717) is 17.9 Å². The van der Waals surface area contributed by atoms with Gasteiger partial charge in [-0.3, -0.25) is 24.3 Å². The van der Waals surface area contributed by atoms with Crippen LogP contribution in [-0.2, 0) is 9.59 Å². The van der Waals surface area contributed by atoms with Gasteiger partial charge in [-0.2, -0.15) is 0 Å². The number of ketones is 1. The lowest BCUT2D eigenvalue weighted by molar-refractivity contribution is -0.118. The van der Waals surface area contributed by atoms with Gasteiger partial charge in [-0.15, -0.1) is 0 Å². The number of carbonyl (C=O) groups is 3. The van der Waals surface area contributed by atoms with Crippen LogP contribution >= 0.6 is 0 Å². The molecular weight excluding hydrogens is 368 g/mol. The maximum absolute atomic E-state index is 12.6. The maximum atomic E-state index is 12.6. The third kappa shape index (κ3) is 5.48. The van der Waals surface area contributed by atoms with Gasteiger partial charge in [0.05, 0.1) is 6.54 Å². The summed E-state index contributed by atoms with van der Waals surface area (Å²) >= 11 is 0. The molecule has 0 bridgehead atoms. The van der Waals surface area contributed by atoms with Crippen molar-refractivity contribution in [3.8, 4) is 0 Å². The third-order valence-corrected chi connectivity index (χ3v) is 5.17. The monoisotopic (exact) mass is 394 g/mol. The number of Topliss-reactive ketones (excluding diaryl/α,β-unsaturated/α-hetero) is 1. The van der Waals surface area contributed by atoms with E-state index in [4.69, 9.17) is 0 Å². The Balaban J connectivity index is 1.54. The lowest BCUT2D eigenvalue weighted by atomic mass is 9.92. The average molecular weight is 394 g/mol. The molecule has 7 heteroatoms. The number of benzene rings is 1. The molecule has 0 spiro atoms. The number of pyridine rings is 1. The van der Waals surface area contributed by atoms with Crippen LogP contribution < -0.4 is 10.2 Å². The second kappa shape index (κ2) is 9.43. The lowest BCUT2D eigenvalue weighted by Gasteiger charge is -2.31. The SMILES string of the molecule is CC(=O)N(C)c1ccc(NC(=O)CN2CCC[C@@H](C(=O)c3ccccn3)C2)cc1. The van der Waals surface area contributed by atoms with Crippen molar-refractivity contribution in [1.82, 2.24) is 9.88 Å². The van der Waals surface area contributed by atoms with Crippen molar-refractivity contribution >= 4 is 29.0 Å². The summed E-state index contributed by atoms with van der Waals surface area (Å²) in [7, 11) is 1.70. The van der Waals surface area contributed by atoms with E-state index in [-0.39, 0.29) is 30.1 Å². The van der Waals surface area contributed by atoms with Gasteiger partial charge in [-0.05, 0) is 55.8 Å². The highest BCUT2D eigenvalue weighted by atomic mass is 16.2. The standard InChI is InChI=1S/C22H26N4O3/c1-16(27)25(2)19-10-8-18(9-11-19)24-21(28)15-26-13-5-6-17(14-26)22(29)20-7-3-4-12-23-20/h3-4,7-12,17H,5-6,13-15H2,1-2H3,(H,24,28)/t17-/m1/s1. The number of likely N-dealkylation sites (tertiary alicyclic amines) is 1. The molecule has 2 heterocycles. The zero-order valence-corrected chi connectivity index (χ0v) is 16.8. The molecule has 2 aromatic rings. The molecule has 0 unspecified atom stereocenters. The van der Waals surface area contributed by atoms with E-state index < -0.39 is 0 Å². The molecule has 2 amide bonds. The van der Waals surface area contributed by atoms with Crippen LogP contribution in [-0.4, -0.2) is 54.2 Å². The van der Waals surface area contributed by atoms with Gasteiger partial charge in [0.1, 0.15) is 5.69 Å². The topological polar surface area (TPSA) is 82.6 Å². The van der Waals surface area contributed by atoms with Crippen LogP contribution in [0.4, 0.5) is 11.4 Å². The minimum atomic E-state index is -0.132. The van der Waals surface area contributed by atoms with Crippen LogP contribution in [0.5, 0.6) is 0 Å². The maximum Gasteiger partial charge on any atom is 0.238 e. The van der Waals surface area contributed by atoms with Gasteiger partial charge < -0.3 is 10.2 Å². The summed E-state index contributed by atoms with van der Waals surface area (Å²) in [5.74, 6) is -0.265. The molecule has 0 radical (unpaired) electrons. The Kier molecular flexibility index (Phi) is 6.72. The Morgan fingerprint density at radius 2 is 1.93 bits per heavy atom. The molecule has 7 nitrogen and oxygen atoms in total. The van der Waals surface area contributed by atoms with Gasteiger partial charge in [0, 0.05) is 44.0 Å². The van der Waals surface area contributed by atoms with Gasteiger partial charge in [0.2, 0.25) is 11.8 Å². The number of amides is 2. The molecule has 1 fully saturated rings. The van der Waals surface area contributed by atoms with E-state index in [0.717, 1.165) is 25.1 Å². The fourth-order valence-electron chi connectivity index (χ4n) is 3.48. The smallest absolute Gasteiger partial charge is 0.238 e. The molecular formula is C22H26N4O3. The lowest BCUT2D eigenvalue weighted by Crippen LogP contribution is -2.42. The summed E-state index contributed by atoms with van der Waals surface area (Å²) < 4.78 is 0. The molecule has 1 aliphatic heterocycles. The van der Waals surface area contributed by atoms with Crippen molar-refractivity contribution in [2.45, 2.75) is 19.8 Å². The first-order chi connectivity index (χ1) is 13.9. The minimum Gasteiger partial charge on any atom is -0.325 e. The molecule has 0 aliphatic carbocycles. The van der Waals surface area contributed by atoms with Crippen LogP contribution in [0.15, 0.2) is 48.7 Å². The second-order valence-electron chi connectivity index (χ2n) is 7.33. The van der Waals surface area contributed by atoms with Crippen LogP contribution in [0, 0.1) is 5.92 Å². The van der Waals surface area contributed by atoms with Crippen LogP contribution in [0.25, 0.3) is 0 Å². The van der Waals surface area contributed by atoms with Gasteiger partial charge in [-0.25, -0.2) is 0 Å². The van der Waals surface area contributed by atoms with E-state index in [1.54, 1.807) is 49.6 Å². The van der Waals surface area contributed by atoms with Crippen molar-refractivity contribution in [3.05, 3.63) is 54.4 Å². The highest BCUT2D eigenvalue weighted by molar-refractivity contribution is 5.96. The number of nitrogens with zero attached hydrogens (tertiary/aromatic N) is 3. The first-order valence-corrected chi connectivity index (χ1v) is 9.76. The zero-order valence-electron chi connectivity index (χ0n) is 16.8. The molecule has 1 N–H and O–H groups in total. The Morgan fingerprint density at radius 1 is 1.17 bits per heavy atom. The summed E-state index contributed by atoms with van der Waals surface area (Å²) in [5.41, 5.74) is 1.93. The molecule has 1 aromatic heterocycles. The number of nitrogens with one attached hydrogen (secondary N) is 1. The van der Waals surface area contributed by atoms with Gasteiger partial charge in [0.15, 0.2) is 5.78 Å². The van der Waals surface area contributed by atoms with Crippen molar-refractivity contribution in [1.29, 1.82) is 0 Å².